The van der Waals surface area contributed by atoms with E-state index >= 15 is 0 Å². The Labute approximate surface area is 128 Å². The van der Waals surface area contributed by atoms with Gasteiger partial charge in [0.05, 0.1) is 4.90 Å². The Bertz CT molecular complexity index is 634. The molecule has 0 bridgehead atoms. The van der Waals surface area contributed by atoms with Crippen molar-refractivity contribution in [1.82, 2.24) is 4.72 Å². The van der Waals surface area contributed by atoms with Crippen molar-refractivity contribution in [1.29, 1.82) is 0 Å². The van der Waals surface area contributed by atoms with Crippen LogP contribution in [-0.4, -0.2) is 25.0 Å². The summed E-state index contributed by atoms with van der Waals surface area (Å²) in [7, 11) is -3.82. The van der Waals surface area contributed by atoms with Gasteiger partial charge in [0.2, 0.25) is 10.0 Å². The summed E-state index contributed by atoms with van der Waals surface area (Å²) < 4.78 is 26.9. The Morgan fingerprint density at radius 3 is 2.76 bits per heavy atom. The largest absolute Gasteiger partial charge is 0.480 e. The Hall–Kier alpha value is -1.18. The van der Waals surface area contributed by atoms with Gasteiger partial charge in [0, 0.05) is 5.38 Å². The van der Waals surface area contributed by atoms with Gasteiger partial charge in [0.1, 0.15) is 5.54 Å². The van der Waals surface area contributed by atoms with Crippen molar-refractivity contribution in [3.05, 3.63) is 28.5 Å². The number of carboxylic acids is 1. The van der Waals surface area contributed by atoms with Gasteiger partial charge >= 0.3 is 5.97 Å². The monoisotopic (exact) mass is 329 g/mol. The van der Waals surface area contributed by atoms with E-state index < -0.39 is 21.5 Å². The van der Waals surface area contributed by atoms with E-state index in [4.69, 9.17) is 0 Å². The first-order chi connectivity index (χ1) is 9.83. The summed E-state index contributed by atoms with van der Waals surface area (Å²) in [6.45, 7) is 1.43. The summed E-state index contributed by atoms with van der Waals surface area (Å²) in [4.78, 5) is 11.7. The molecular weight excluding hydrogens is 310 g/mol. The van der Waals surface area contributed by atoms with Crippen molar-refractivity contribution in [2.24, 2.45) is 0 Å². The van der Waals surface area contributed by atoms with Gasteiger partial charge in [-0.15, -0.1) is 0 Å². The van der Waals surface area contributed by atoms with Gasteiger partial charge in [0.15, 0.2) is 0 Å². The lowest BCUT2D eigenvalue weighted by molar-refractivity contribution is -0.143. The minimum Gasteiger partial charge on any atom is -0.480 e. The fourth-order valence-electron chi connectivity index (χ4n) is 2.44. The summed E-state index contributed by atoms with van der Waals surface area (Å²) in [5.74, 6) is -1.16. The summed E-state index contributed by atoms with van der Waals surface area (Å²) in [6.07, 6.45) is 6.13. The molecule has 0 spiro atoms. The van der Waals surface area contributed by atoms with Crippen molar-refractivity contribution >= 4 is 27.3 Å². The predicted octanol–water partition coefficient (Wildman–Crippen LogP) is 2.76. The van der Waals surface area contributed by atoms with Crippen molar-refractivity contribution in [2.45, 2.75) is 49.5 Å². The van der Waals surface area contributed by atoms with Gasteiger partial charge < -0.3 is 5.11 Å². The third-order valence-corrected chi connectivity index (χ3v) is 6.03. The van der Waals surface area contributed by atoms with Crippen LogP contribution >= 0.6 is 11.3 Å². The molecule has 116 valence electrons. The van der Waals surface area contributed by atoms with E-state index in [0.717, 1.165) is 31.3 Å². The molecule has 2 N–H and O–H groups in total. The molecule has 21 heavy (non-hydrogen) atoms. The van der Waals surface area contributed by atoms with E-state index in [2.05, 4.69) is 4.72 Å². The second kappa shape index (κ2) is 6.29. The van der Waals surface area contributed by atoms with E-state index in [0.29, 0.717) is 0 Å². The molecule has 7 heteroatoms. The lowest BCUT2D eigenvalue weighted by atomic mass is 9.88. The first-order valence-electron chi connectivity index (χ1n) is 6.81. The second-order valence-electron chi connectivity index (χ2n) is 5.49. The van der Waals surface area contributed by atoms with Gasteiger partial charge in [-0.3, -0.25) is 4.79 Å². The van der Waals surface area contributed by atoms with Gasteiger partial charge in [0.25, 0.3) is 0 Å². The Kier molecular flexibility index (Phi) is 4.85. The molecule has 5 nitrogen and oxygen atoms in total. The van der Waals surface area contributed by atoms with Crippen LogP contribution in [0.5, 0.6) is 0 Å². The maximum Gasteiger partial charge on any atom is 0.324 e. The molecule has 0 saturated heterocycles. The highest BCUT2D eigenvalue weighted by atomic mass is 32.2. The summed E-state index contributed by atoms with van der Waals surface area (Å²) in [6, 6.07) is 1.47. The lowest BCUT2D eigenvalue weighted by Crippen LogP contribution is -2.52. The van der Waals surface area contributed by atoms with Crippen LogP contribution in [0.25, 0.3) is 0 Å². The molecular formula is C14H19NO4S2. The number of thiophene rings is 1. The molecule has 0 fully saturated rings. The first kappa shape index (κ1) is 16.2. The number of hydrogen-bond donors (Lipinski definition) is 2. The zero-order chi connectivity index (χ0) is 15.5. The molecule has 1 unspecified atom stereocenters. The highest BCUT2D eigenvalue weighted by Crippen LogP contribution is 2.27. The van der Waals surface area contributed by atoms with Crippen LogP contribution in [-0.2, 0) is 14.8 Å². The lowest BCUT2D eigenvalue weighted by Gasteiger charge is -2.28. The molecule has 0 amide bonds. The van der Waals surface area contributed by atoms with Crippen LogP contribution in [0.4, 0.5) is 0 Å². The van der Waals surface area contributed by atoms with Crippen molar-refractivity contribution in [3.8, 4) is 0 Å². The Morgan fingerprint density at radius 2 is 2.24 bits per heavy atom. The third-order valence-electron chi connectivity index (χ3n) is 3.60. The van der Waals surface area contributed by atoms with Crippen LogP contribution in [0.15, 0.2) is 33.4 Å². The Balaban J connectivity index is 2.22. The number of hydrogen-bond acceptors (Lipinski definition) is 4. The second-order valence-corrected chi connectivity index (χ2v) is 7.95. The van der Waals surface area contributed by atoms with Gasteiger partial charge in [-0.2, -0.15) is 16.1 Å². The van der Waals surface area contributed by atoms with Crippen molar-refractivity contribution < 1.29 is 18.3 Å². The fraction of sp³-hybridized carbons (Fsp3) is 0.500. The molecule has 1 aliphatic rings. The number of rotatable bonds is 6. The fourth-order valence-corrected chi connectivity index (χ4v) is 4.83. The van der Waals surface area contributed by atoms with Crippen LogP contribution in [0.3, 0.4) is 0 Å². The average molecular weight is 329 g/mol. The quantitative estimate of drug-likeness (QED) is 0.786. The zero-order valence-electron chi connectivity index (χ0n) is 11.8. The normalized spacial score (nSPS) is 18.8. The smallest absolute Gasteiger partial charge is 0.324 e. The zero-order valence-corrected chi connectivity index (χ0v) is 13.5. The minimum absolute atomic E-state index is 0.109. The number of allylic oxidation sites excluding steroid dienone is 1. The molecule has 2 rings (SSSR count). The van der Waals surface area contributed by atoms with E-state index in [1.807, 2.05) is 6.08 Å². The number of aliphatic carboxylic acids is 1. The van der Waals surface area contributed by atoms with Crippen LogP contribution in [0, 0.1) is 0 Å². The number of sulfonamides is 1. The van der Waals surface area contributed by atoms with Gasteiger partial charge in [-0.1, -0.05) is 11.6 Å². The summed E-state index contributed by atoms with van der Waals surface area (Å²) in [5, 5.41) is 12.6. The Morgan fingerprint density at radius 1 is 1.48 bits per heavy atom. The van der Waals surface area contributed by atoms with E-state index in [9.17, 15) is 18.3 Å². The molecule has 1 aliphatic carbocycles. The molecule has 0 saturated carbocycles. The SMILES string of the molecule is CC(CC1=CCCCC1)(NS(=O)(=O)c1ccsc1)C(=O)O. The van der Waals surface area contributed by atoms with Crippen molar-refractivity contribution in [3.63, 3.8) is 0 Å². The summed E-state index contributed by atoms with van der Waals surface area (Å²) >= 11 is 1.26. The number of carbonyl (C=O) groups is 1. The summed E-state index contributed by atoms with van der Waals surface area (Å²) in [5.41, 5.74) is -0.511. The van der Waals surface area contributed by atoms with Crippen molar-refractivity contribution in [2.75, 3.05) is 0 Å². The average Bonchev–Trinajstić information content (AvgIpc) is 2.93. The van der Waals surface area contributed by atoms with Gasteiger partial charge in [-0.25, -0.2) is 8.42 Å². The molecule has 0 aromatic carbocycles. The number of nitrogens with one attached hydrogen (secondary N) is 1. The van der Waals surface area contributed by atoms with Crippen LogP contribution in [0.2, 0.25) is 0 Å². The maximum atomic E-state index is 12.3. The molecule has 1 aromatic heterocycles. The molecule has 1 atom stereocenters. The predicted molar refractivity (Wildman–Crippen MR) is 81.8 cm³/mol. The van der Waals surface area contributed by atoms with Crippen LogP contribution < -0.4 is 4.72 Å². The number of carboxylic acid groups (broad SMARTS) is 1. The highest BCUT2D eigenvalue weighted by Gasteiger charge is 2.38. The molecule has 0 aliphatic heterocycles. The topological polar surface area (TPSA) is 83.5 Å². The van der Waals surface area contributed by atoms with E-state index in [1.165, 1.54) is 29.7 Å². The molecule has 0 radical (unpaired) electrons. The molecule has 1 aromatic rings. The highest BCUT2D eigenvalue weighted by molar-refractivity contribution is 7.89. The van der Waals surface area contributed by atoms with E-state index in [1.54, 1.807) is 5.38 Å². The molecule has 1 heterocycles. The minimum atomic E-state index is -3.82. The van der Waals surface area contributed by atoms with Gasteiger partial charge in [-0.05, 0) is 50.5 Å². The van der Waals surface area contributed by atoms with Crippen LogP contribution in [0.1, 0.15) is 39.0 Å². The van der Waals surface area contributed by atoms with E-state index in [-0.39, 0.29) is 11.3 Å². The standard InChI is InChI=1S/C14H19NO4S2/c1-14(13(16)17,9-11-5-3-2-4-6-11)15-21(18,19)12-7-8-20-10-12/h5,7-8,10,15H,2-4,6,9H2,1H3,(H,16,17). The third kappa shape index (κ3) is 3.93. The first-order valence-corrected chi connectivity index (χ1v) is 9.23. The maximum absolute atomic E-state index is 12.3.